The monoisotopic (exact) mass is 243 g/mol. The Hall–Kier alpha value is -1.90. The van der Waals surface area contributed by atoms with Gasteiger partial charge in [0.25, 0.3) is 0 Å². The summed E-state index contributed by atoms with van der Waals surface area (Å²) in [6, 6.07) is 7.54. The first-order chi connectivity index (χ1) is 8.68. The van der Waals surface area contributed by atoms with Crippen LogP contribution in [-0.4, -0.2) is 18.3 Å². The normalized spacial score (nSPS) is 18.1. The first-order valence-corrected chi connectivity index (χ1v) is 6.16. The molecule has 1 unspecified atom stereocenters. The van der Waals surface area contributed by atoms with E-state index in [9.17, 15) is 4.79 Å². The van der Waals surface area contributed by atoms with E-state index >= 15 is 0 Å². The van der Waals surface area contributed by atoms with Gasteiger partial charge in [-0.1, -0.05) is 24.3 Å². The van der Waals surface area contributed by atoms with Crippen molar-refractivity contribution < 1.29 is 9.53 Å². The van der Waals surface area contributed by atoms with Crippen molar-refractivity contribution in [3.63, 3.8) is 0 Å². The van der Waals surface area contributed by atoms with E-state index in [1.807, 2.05) is 38.1 Å². The highest BCUT2D eigenvalue weighted by atomic mass is 16.5. The fourth-order valence-electron chi connectivity index (χ4n) is 1.94. The van der Waals surface area contributed by atoms with Gasteiger partial charge in [-0.25, -0.2) is 4.79 Å². The lowest BCUT2D eigenvalue weighted by Gasteiger charge is -2.17. The molecule has 1 aromatic carbocycles. The van der Waals surface area contributed by atoms with Crippen molar-refractivity contribution in [2.75, 3.05) is 0 Å². The molecule has 0 bridgehead atoms. The topological polar surface area (TPSA) is 38.7 Å². The van der Waals surface area contributed by atoms with Crippen molar-refractivity contribution in [1.29, 1.82) is 0 Å². The number of carbonyl (C=O) groups is 1. The van der Waals surface area contributed by atoms with Crippen LogP contribution in [0.15, 0.2) is 41.4 Å². The lowest BCUT2D eigenvalue weighted by Crippen LogP contribution is -2.15. The molecule has 1 aliphatic rings. The van der Waals surface area contributed by atoms with E-state index in [4.69, 9.17) is 4.74 Å². The number of hydrogen-bond acceptors (Lipinski definition) is 3. The van der Waals surface area contributed by atoms with E-state index in [-0.39, 0.29) is 18.1 Å². The molecule has 0 saturated heterocycles. The minimum atomic E-state index is -0.273. The number of allylic oxidation sites excluding steroid dienone is 1. The maximum absolute atomic E-state index is 12.0. The first-order valence-electron chi connectivity index (χ1n) is 6.16. The summed E-state index contributed by atoms with van der Waals surface area (Å²) in [5.74, 6) is -0.273. The Bertz CT molecular complexity index is 489. The second-order valence-electron chi connectivity index (χ2n) is 4.52. The summed E-state index contributed by atoms with van der Waals surface area (Å²) in [5, 5.41) is 0. The average Bonchev–Trinajstić information content (AvgIpc) is 2.39. The molecule has 0 saturated carbocycles. The molecule has 3 heteroatoms. The molecular formula is C15H17NO2. The Balaban J connectivity index is 2.28. The highest BCUT2D eigenvalue weighted by molar-refractivity contribution is 5.91. The van der Waals surface area contributed by atoms with Crippen molar-refractivity contribution >= 4 is 12.2 Å². The zero-order valence-corrected chi connectivity index (χ0v) is 10.7. The van der Waals surface area contributed by atoms with Gasteiger partial charge in [0, 0.05) is 6.21 Å². The maximum Gasteiger partial charge on any atom is 0.338 e. The van der Waals surface area contributed by atoms with Gasteiger partial charge < -0.3 is 4.74 Å². The molecule has 0 aliphatic carbocycles. The molecule has 18 heavy (non-hydrogen) atoms. The number of dihydropyridines is 1. The molecule has 1 heterocycles. The quantitative estimate of drug-likeness (QED) is 0.764. The SMILES string of the molecule is CC(C)OC(=O)c1ccccc1C1CC=CC=N1. The second-order valence-corrected chi connectivity index (χ2v) is 4.52. The lowest BCUT2D eigenvalue weighted by atomic mass is 9.97. The van der Waals surface area contributed by atoms with Crippen LogP contribution < -0.4 is 0 Å². The van der Waals surface area contributed by atoms with Crippen molar-refractivity contribution in [3.05, 3.63) is 47.5 Å². The number of carbonyl (C=O) groups excluding carboxylic acids is 1. The zero-order chi connectivity index (χ0) is 13.0. The van der Waals surface area contributed by atoms with Gasteiger partial charge in [0.05, 0.1) is 17.7 Å². The summed E-state index contributed by atoms with van der Waals surface area (Å²) >= 11 is 0. The summed E-state index contributed by atoms with van der Waals surface area (Å²) in [7, 11) is 0. The fraction of sp³-hybridized carbons (Fsp3) is 0.333. The Morgan fingerprint density at radius 3 is 2.83 bits per heavy atom. The predicted octanol–water partition coefficient (Wildman–Crippen LogP) is 3.32. The highest BCUT2D eigenvalue weighted by Gasteiger charge is 2.19. The van der Waals surface area contributed by atoms with E-state index in [1.54, 1.807) is 12.3 Å². The van der Waals surface area contributed by atoms with Crippen LogP contribution >= 0.6 is 0 Å². The third-order valence-corrected chi connectivity index (χ3v) is 2.73. The molecule has 1 aliphatic heterocycles. The molecule has 0 radical (unpaired) electrons. The lowest BCUT2D eigenvalue weighted by molar-refractivity contribution is 0.0376. The molecule has 1 aromatic rings. The van der Waals surface area contributed by atoms with Gasteiger partial charge in [-0.05, 0) is 38.0 Å². The van der Waals surface area contributed by atoms with E-state index in [0.29, 0.717) is 5.56 Å². The van der Waals surface area contributed by atoms with Crippen LogP contribution in [-0.2, 0) is 4.74 Å². The molecule has 2 rings (SSSR count). The van der Waals surface area contributed by atoms with Crippen molar-refractivity contribution in [1.82, 2.24) is 0 Å². The van der Waals surface area contributed by atoms with Gasteiger partial charge in [-0.2, -0.15) is 0 Å². The van der Waals surface area contributed by atoms with Crippen LogP contribution in [0.1, 0.15) is 42.2 Å². The third kappa shape index (κ3) is 2.86. The molecule has 0 aromatic heterocycles. The largest absolute Gasteiger partial charge is 0.459 e. The smallest absolute Gasteiger partial charge is 0.338 e. The summed E-state index contributed by atoms with van der Waals surface area (Å²) in [4.78, 5) is 16.4. The van der Waals surface area contributed by atoms with Gasteiger partial charge in [-0.3, -0.25) is 4.99 Å². The van der Waals surface area contributed by atoms with Crippen molar-refractivity contribution in [3.8, 4) is 0 Å². The minimum Gasteiger partial charge on any atom is -0.459 e. The van der Waals surface area contributed by atoms with Gasteiger partial charge in [0.2, 0.25) is 0 Å². The number of hydrogen-bond donors (Lipinski definition) is 0. The Morgan fingerprint density at radius 1 is 1.39 bits per heavy atom. The van der Waals surface area contributed by atoms with Crippen molar-refractivity contribution in [2.24, 2.45) is 4.99 Å². The summed E-state index contributed by atoms with van der Waals surface area (Å²) < 4.78 is 5.26. The van der Waals surface area contributed by atoms with E-state index in [0.717, 1.165) is 12.0 Å². The van der Waals surface area contributed by atoms with Gasteiger partial charge in [0.1, 0.15) is 0 Å². The molecule has 3 nitrogen and oxygen atoms in total. The first kappa shape index (κ1) is 12.6. The van der Waals surface area contributed by atoms with Gasteiger partial charge >= 0.3 is 5.97 Å². The van der Waals surface area contributed by atoms with Crippen LogP contribution in [0.2, 0.25) is 0 Å². The fourth-order valence-corrected chi connectivity index (χ4v) is 1.94. The second kappa shape index (κ2) is 5.63. The van der Waals surface area contributed by atoms with E-state index in [1.165, 1.54) is 0 Å². The number of esters is 1. The van der Waals surface area contributed by atoms with Gasteiger partial charge in [0.15, 0.2) is 0 Å². The molecule has 0 amide bonds. The van der Waals surface area contributed by atoms with E-state index < -0.39 is 0 Å². The maximum atomic E-state index is 12.0. The average molecular weight is 243 g/mol. The van der Waals surface area contributed by atoms with E-state index in [2.05, 4.69) is 11.1 Å². The highest BCUT2D eigenvalue weighted by Crippen LogP contribution is 2.27. The third-order valence-electron chi connectivity index (χ3n) is 2.73. The number of nitrogens with zero attached hydrogens (tertiary/aromatic N) is 1. The molecule has 0 N–H and O–H groups in total. The Kier molecular flexibility index (Phi) is 3.92. The standard InChI is InChI=1S/C15H17NO2/c1-11(2)18-15(17)13-8-4-3-7-12(13)14-9-5-6-10-16-14/h3-8,10-11,14H,9H2,1-2H3. The molecular weight excluding hydrogens is 226 g/mol. The van der Waals surface area contributed by atoms with Crippen LogP contribution in [0.5, 0.6) is 0 Å². The molecule has 1 atom stereocenters. The van der Waals surface area contributed by atoms with Crippen molar-refractivity contribution in [2.45, 2.75) is 32.4 Å². The van der Waals surface area contributed by atoms with Gasteiger partial charge in [-0.15, -0.1) is 0 Å². The minimum absolute atomic E-state index is 0.0194. The summed E-state index contributed by atoms with van der Waals surface area (Å²) in [5.41, 5.74) is 1.55. The number of rotatable bonds is 3. The zero-order valence-electron chi connectivity index (χ0n) is 10.7. The molecule has 0 spiro atoms. The number of ether oxygens (including phenoxy) is 1. The number of benzene rings is 1. The summed E-state index contributed by atoms with van der Waals surface area (Å²) in [6.07, 6.45) is 6.47. The van der Waals surface area contributed by atoms with Crippen LogP contribution in [0.3, 0.4) is 0 Å². The van der Waals surface area contributed by atoms with Crippen LogP contribution in [0, 0.1) is 0 Å². The predicted molar refractivity (Wildman–Crippen MR) is 72.0 cm³/mol. The Labute approximate surface area is 107 Å². The van der Waals surface area contributed by atoms with Crippen LogP contribution in [0.4, 0.5) is 0 Å². The Morgan fingerprint density at radius 2 is 2.17 bits per heavy atom. The molecule has 94 valence electrons. The number of aliphatic imine (C=N–C) groups is 1. The molecule has 0 fully saturated rings. The van der Waals surface area contributed by atoms with Crippen LogP contribution in [0.25, 0.3) is 0 Å². The summed E-state index contributed by atoms with van der Waals surface area (Å²) in [6.45, 7) is 3.70.